The molecule has 1 aromatic heterocycles. The van der Waals surface area contributed by atoms with Crippen molar-refractivity contribution in [3.8, 4) is 5.88 Å². The second kappa shape index (κ2) is 7.87. The number of hydrogen-bond donors (Lipinski definition) is 5. The number of hydrogen-bond acceptors (Lipinski definition) is 6. The summed E-state index contributed by atoms with van der Waals surface area (Å²) in [6.07, 6.45) is -3.43. The predicted octanol–water partition coefficient (Wildman–Crippen LogP) is 0.816. The summed E-state index contributed by atoms with van der Waals surface area (Å²) in [5.74, 6) is -2.08. The number of aromatic hydroxyl groups is 1. The first-order valence-electron chi connectivity index (χ1n) is 10.9. The molecule has 3 fully saturated rings. The van der Waals surface area contributed by atoms with Crippen molar-refractivity contribution >= 4 is 17.8 Å². The molecule has 0 bridgehead atoms. The molecule has 3 aliphatic rings. The van der Waals surface area contributed by atoms with Gasteiger partial charge in [0.2, 0.25) is 5.88 Å². The number of alkyl halides is 3. The molecule has 34 heavy (non-hydrogen) atoms. The summed E-state index contributed by atoms with van der Waals surface area (Å²) in [6.45, 7) is -0.501. The number of imide groups is 1. The summed E-state index contributed by atoms with van der Waals surface area (Å²) < 4.78 is 39.2. The quantitative estimate of drug-likeness (QED) is 0.234. The fourth-order valence-electron chi connectivity index (χ4n) is 5.69. The van der Waals surface area contributed by atoms with E-state index in [1.807, 2.05) is 0 Å². The third kappa shape index (κ3) is 3.94. The van der Waals surface area contributed by atoms with Gasteiger partial charge in [-0.25, -0.2) is 9.59 Å². The van der Waals surface area contributed by atoms with Gasteiger partial charge in [0.25, 0.3) is 11.5 Å². The molecule has 1 saturated heterocycles. The minimum Gasteiger partial charge on any atom is -0.494 e. The van der Waals surface area contributed by atoms with Gasteiger partial charge in [-0.3, -0.25) is 29.4 Å². The molecule has 2 aliphatic carbocycles. The number of halogens is 3. The number of nitrogens with two attached hydrogens (primary N) is 1. The highest BCUT2D eigenvalue weighted by molar-refractivity contribution is 6.07. The zero-order valence-corrected chi connectivity index (χ0v) is 18.1. The molecule has 4 rings (SSSR count). The van der Waals surface area contributed by atoms with E-state index in [0.717, 1.165) is 4.57 Å². The van der Waals surface area contributed by atoms with Crippen LogP contribution in [0.2, 0.25) is 0 Å². The lowest BCUT2D eigenvalue weighted by Crippen LogP contribution is -2.63. The first-order valence-corrected chi connectivity index (χ1v) is 10.9. The van der Waals surface area contributed by atoms with Crippen LogP contribution in [0.25, 0.3) is 0 Å². The van der Waals surface area contributed by atoms with Gasteiger partial charge < -0.3 is 16.2 Å². The third-order valence-corrected chi connectivity index (χ3v) is 7.21. The van der Waals surface area contributed by atoms with E-state index in [2.05, 4.69) is 10.6 Å². The van der Waals surface area contributed by atoms with E-state index in [9.17, 15) is 37.5 Å². The van der Waals surface area contributed by atoms with Crippen LogP contribution in [0.1, 0.15) is 63.0 Å². The molecule has 1 aromatic rings. The van der Waals surface area contributed by atoms with Gasteiger partial charge in [0.05, 0.1) is 0 Å². The Labute approximate surface area is 190 Å². The molecule has 0 unspecified atom stereocenters. The SMILES string of the molecule is N=C(N)c1c(O)n(CCCC(F)(F)F)c(=O)n(C2CCC3(CC2)CC2(C3)NC(=O)NC2=O)c1=O. The second-order valence-electron chi connectivity index (χ2n) is 9.52. The Morgan fingerprint density at radius 1 is 1.18 bits per heavy atom. The summed E-state index contributed by atoms with van der Waals surface area (Å²) in [5, 5.41) is 22.9. The van der Waals surface area contributed by atoms with Crippen LogP contribution in [0.3, 0.4) is 0 Å². The first kappa shape index (κ1) is 23.8. The van der Waals surface area contributed by atoms with Crippen LogP contribution in [0, 0.1) is 10.8 Å². The summed E-state index contributed by atoms with van der Waals surface area (Å²) in [5.41, 5.74) is 1.74. The monoisotopic (exact) mass is 486 g/mol. The highest BCUT2D eigenvalue weighted by Crippen LogP contribution is 2.58. The molecule has 2 spiro atoms. The van der Waals surface area contributed by atoms with E-state index in [1.54, 1.807) is 0 Å². The van der Waals surface area contributed by atoms with Crippen molar-refractivity contribution < 1.29 is 27.9 Å². The Morgan fingerprint density at radius 3 is 2.29 bits per heavy atom. The van der Waals surface area contributed by atoms with Gasteiger partial charge in [-0.1, -0.05) is 0 Å². The number of rotatable bonds is 5. The van der Waals surface area contributed by atoms with Crippen LogP contribution in [0.4, 0.5) is 18.0 Å². The van der Waals surface area contributed by atoms with Crippen molar-refractivity contribution in [2.24, 2.45) is 11.1 Å². The van der Waals surface area contributed by atoms with Gasteiger partial charge in [0.1, 0.15) is 16.9 Å². The van der Waals surface area contributed by atoms with E-state index in [1.165, 1.54) is 0 Å². The number of carbonyl (C=O) groups is 2. The van der Waals surface area contributed by atoms with Crippen LogP contribution in [0.5, 0.6) is 5.88 Å². The minimum atomic E-state index is -4.45. The van der Waals surface area contributed by atoms with Crippen molar-refractivity contribution in [3.05, 3.63) is 26.4 Å². The molecule has 186 valence electrons. The van der Waals surface area contributed by atoms with Gasteiger partial charge in [0, 0.05) is 19.0 Å². The summed E-state index contributed by atoms with van der Waals surface area (Å²) >= 11 is 0. The van der Waals surface area contributed by atoms with Crippen molar-refractivity contribution in [1.29, 1.82) is 5.41 Å². The number of nitrogens with one attached hydrogen (secondary N) is 3. The van der Waals surface area contributed by atoms with Gasteiger partial charge in [-0.05, 0) is 50.4 Å². The van der Waals surface area contributed by atoms with Gasteiger partial charge in [-0.15, -0.1) is 0 Å². The van der Waals surface area contributed by atoms with E-state index in [-0.39, 0.29) is 11.3 Å². The lowest BCUT2D eigenvalue weighted by molar-refractivity contribution is -0.136. The third-order valence-electron chi connectivity index (χ3n) is 7.21. The average Bonchev–Trinajstić information content (AvgIpc) is 2.98. The topological polar surface area (TPSA) is 172 Å². The van der Waals surface area contributed by atoms with E-state index < -0.39 is 71.7 Å². The Hall–Kier alpha value is -3.32. The zero-order valence-electron chi connectivity index (χ0n) is 18.1. The molecule has 3 amide bonds. The second-order valence-corrected chi connectivity index (χ2v) is 9.52. The van der Waals surface area contributed by atoms with Gasteiger partial charge in [0.15, 0.2) is 0 Å². The Kier molecular flexibility index (Phi) is 5.52. The van der Waals surface area contributed by atoms with Crippen molar-refractivity contribution in [3.63, 3.8) is 0 Å². The molecule has 0 radical (unpaired) electrons. The van der Waals surface area contributed by atoms with E-state index in [4.69, 9.17) is 11.1 Å². The van der Waals surface area contributed by atoms with Crippen molar-refractivity contribution in [1.82, 2.24) is 19.8 Å². The minimum absolute atomic E-state index is 0.235. The zero-order chi connectivity index (χ0) is 25.1. The Bertz CT molecular complexity index is 1170. The summed E-state index contributed by atoms with van der Waals surface area (Å²) in [4.78, 5) is 49.6. The molecule has 0 aromatic carbocycles. The van der Waals surface area contributed by atoms with Crippen LogP contribution in [0.15, 0.2) is 9.59 Å². The largest absolute Gasteiger partial charge is 0.494 e. The number of urea groups is 1. The van der Waals surface area contributed by atoms with Crippen molar-refractivity contribution in [2.45, 2.75) is 75.7 Å². The fourth-order valence-corrected chi connectivity index (χ4v) is 5.69. The predicted molar refractivity (Wildman–Crippen MR) is 112 cm³/mol. The average molecular weight is 486 g/mol. The van der Waals surface area contributed by atoms with Gasteiger partial charge in [-0.2, -0.15) is 13.2 Å². The lowest BCUT2D eigenvalue weighted by atomic mass is 9.51. The van der Waals surface area contributed by atoms with E-state index in [0.29, 0.717) is 43.1 Å². The molecular formula is C20H25F3N6O5. The maximum absolute atomic E-state index is 13.0. The van der Waals surface area contributed by atoms with Crippen LogP contribution < -0.4 is 27.6 Å². The lowest BCUT2D eigenvalue weighted by Gasteiger charge is -2.55. The number of nitrogen functional groups attached to an aromatic ring is 1. The molecule has 6 N–H and O–H groups in total. The molecule has 0 atom stereocenters. The van der Waals surface area contributed by atoms with Crippen LogP contribution in [-0.4, -0.2) is 43.7 Å². The van der Waals surface area contributed by atoms with Crippen molar-refractivity contribution in [2.75, 3.05) is 0 Å². The summed E-state index contributed by atoms with van der Waals surface area (Å²) in [6, 6.07) is -1.14. The molecule has 14 heteroatoms. The van der Waals surface area contributed by atoms with Crippen LogP contribution >= 0.6 is 0 Å². The molecule has 2 saturated carbocycles. The molecular weight excluding hydrogens is 461 g/mol. The van der Waals surface area contributed by atoms with Gasteiger partial charge >= 0.3 is 17.9 Å². The number of amides is 3. The maximum atomic E-state index is 13.0. The molecule has 11 nitrogen and oxygen atoms in total. The Morgan fingerprint density at radius 2 is 1.79 bits per heavy atom. The number of nitrogens with zero attached hydrogens (tertiary/aromatic N) is 2. The normalized spacial score (nSPS) is 28.6. The summed E-state index contributed by atoms with van der Waals surface area (Å²) in [7, 11) is 0. The molecule has 1 aliphatic heterocycles. The smallest absolute Gasteiger partial charge is 0.389 e. The maximum Gasteiger partial charge on any atom is 0.389 e. The standard InChI is InChI=1S/C20H25F3N6O5/c21-20(22,23)4-1-7-28-13(30)11(12(24)25)14(31)29(17(28)34)10-2-5-18(6-3-10)8-19(9-18)15(32)26-16(33)27-19/h10,30H,1-9H2,(H3,24,25)(H2,26,27,32,33). The number of carbonyl (C=O) groups excluding carboxylic acids is 2. The number of amidine groups is 1. The Balaban J connectivity index is 1.57. The highest BCUT2D eigenvalue weighted by Gasteiger charge is 2.62. The number of aromatic nitrogens is 2. The van der Waals surface area contributed by atoms with E-state index >= 15 is 0 Å². The fraction of sp³-hybridized carbons (Fsp3) is 0.650. The first-order chi connectivity index (χ1) is 15.8. The van der Waals surface area contributed by atoms with Crippen LogP contribution in [-0.2, 0) is 11.3 Å². The molecule has 2 heterocycles. The highest BCUT2D eigenvalue weighted by atomic mass is 19.4.